The van der Waals surface area contributed by atoms with E-state index < -0.39 is 0 Å². The van der Waals surface area contributed by atoms with E-state index in [0.29, 0.717) is 0 Å². The summed E-state index contributed by atoms with van der Waals surface area (Å²) in [5.74, 6) is 0.730. The van der Waals surface area contributed by atoms with Crippen LogP contribution in [-0.2, 0) is 5.41 Å². The van der Waals surface area contributed by atoms with Gasteiger partial charge in [0, 0.05) is 22.1 Å². The average molecular weight is 553 g/mol. The first kappa shape index (κ1) is 26.6. The number of nitrogens with zero attached hydrogens (tertiary/aromatic N) is 2. The van der Waals surface area contributed by atoms with E-state index in [1.807, 2.05) is 36.4 Å². The van der Waals surface area contributed by atoms with Gasteiger partial charge < -0.3 is 0 Å². The zero-order valence-corrected chi connectivity index (χ0v) is 24.4. The van der Waals surface area contributed by atoms with Crippen LogP contribution in [0, 0.1) is 0 Å². The van der Waals surface area contributed by atoms with Crippen LogP contribution >= 0.6 is 0 Å². The van der Waals surface area contributed by atoms with E-state index in [4.69, 9.17) is 9.97 Å². The molecule has 0 amide bonds. The van der Waals surface area contributed by atoms with Crippen LogP contribution in [0.1, 0.15) is 25.0 Å². The van der Waals surface area contributed by atoms with E-state index in [2.05, 4.69) is 135 Å². The van der Waals surface area contributed by atoms with Crippen molar-refractivity contribution in [3.63, 3.8) is 0 Å². The van der Waals surface area contributed by atoms with Crippen molar-refractivity contribution in [1.82, 2.24) is 9.97 Å². The SMILES string of the molecule is CC(C)(c1ccc(-c2ccc3ccccc3c2)cc1)c1ccc(-c2cc(-c3ccccc3)nc(-c3ccccc3)n2)cc1. The molecule has 2 heteroatoms. The molecule has 0 aliphatic carbocycles. The van der Waals surface area contributed by atoms with Crippen molar-refractivity contribution in [2.75, 3.05) is 0 Å². The minimum absolute atomic E-state index is 0.156. The van der Waals surface area contributed by atoms with Crippen LogP contribution < -0.4 is 0 Å². The van der Waals surface area contributed by atoms with Crippen LogP contribution in [-0.4, -0.2) is 9.97 Å². The summed E-state index contributed by atoms with van der Waals surface area (Å²) in [5.41, 5.74) is 9.84. The van der Waals surface area contributed by atoms with E-state index in [-0.39, 0.29) is 5.41 Å². The molecule has 43 heavy (non-hydrogen) atoms. The topological polar surface area (TPSA) is 25.8 Å². The molecule has 7 rings (SSSR count). The summed E-state index contributed by atoms with van der Waals surface area (Å²) in [5, 5.41) is 2.53. The lowest BCUT2D eigenvalue weighted by Crippen LogP contribution is -2.18. The molecule has 0 radical (unpaired) electrons. The molecule has 6 aromatic carbocycles. The molecule has 0 aliphatic heterocycles. The van der Waals surface area contributed by atoms with E-state index in [9.17, 15) is 0 Å². The first-order valence-electron chi connectivity index (χ1n) is 14.8. The Balaban J connectivity index is 1.19. The van der Waals surface area contributed by atoms with Crippen LogP contribution in [0.5, 0.6) is 0 Å². The second-order valence-electron chi connectivity index (χ2n) is 11.5. The van der Waals surface area contributed by atoms with Crippen LogP contribution in [0.4, 0.5) is 0 Å². The predicted molar refractivity (Wildman–Crippen MR) is 180 cm³/mol. The fourth-order valence-corrected chi connectivity index (χ4v) is 5.74. The highest BCUT2D eigenvalue weighted by atomic mass is 14.9. The largest absolute Gasteiger partial charge is 0.228 e. The van der Waals surface area contributed by atoms with Crippen LogP contribution in [0.2, 0.25) is 0 Å². The van der Waals surface area contributed by atoms with Gasteiger partial charge in [0.1, 0.15) is 0 Å². The average Bonchev–Trinajstić information content (AvgIpc) is 3.09. The van der Waals surface area contributed by atoms with E-state index in [1.54, 1.807) is 0 Å². The van der Waals surface area contributed by atoms with Crippen molar-refractivity contribution in [1.29, 1.82) is 0 Å². The van der Waals surface area contributed by atoms with Gasteiger partial charge in [-0.3, -0.25) is 0 Å². The van der Waals surface area contributed by atoms with Crippen LogP contribution in [0.3, 0.4) is 0 Å². The van der Waals surface area contributed by atoms with Gasteiger partial charge in [-0.05, 0) is 45.2 Å². The van der Waals surface area contributed by atoms with Crippen LogP contribution in [0.15, 0.2) is 158 Å². The molecule has 0 saturated carbocycles. The maximum Gasteiger partial charge on any atom is 0.160 e. The first-order valence-corrected chi connectivity index (χ1v) is 14.8. The molecule has 7 aromatic rings. The van der Waals surface area contributed by atoms with Crippen molar-refractivity contribution in [2.24, 2.45) is 0 Å². The third kappa shape index (κ3) is 5.36. The number of aromatic nitrogens is 2. The molecule has 206 valence electrons. The molecule has 0 bridgehead atoms. The quantitative estimate of drug-likeness (QED) is 0.205. The lowest BCUT2D eigenvalue weighted by Gasteiger charge is -2.26. The van der Waals surface area contributed by atoms with E-state index in [1.165, 1.54) is 33.0 Å². The Morgan fingerprint density at radius 1 is 0.372 bits per heavy atom. The first-order chi connectivity index (χ1) is 21.0. The lowest BCUT2D eigenvalue weighted by molar-refractivity contribution is 0.641. The van der Waals surface area contributed by atoms with Crippen molar-refractivity contribution in [3.05, 3.63) is 169 Å². The normalized spacial score (nSPS) is 11.5. The molecule has 0 unspecified atom stereocenters. The lowest BCUT2D eigenvalue weighted by atomic mass is 9.77. The molecule has 0 saturated heterocycles. The van der Waals surface area contributed by atoms with Crippen LogP contribution in [0.25, 0.3) is 55.8 Å². The Kier molecular flexibility index (Phi) is 6.89. The van der Waals surface area contributed by atoms with Gasteiger partial charge in [-0.2, -0.15) is 0 Å². The maximum absolute atomic E-state index is 5.00. The summed E-state index contributed by atoms with van der Waals surface area (Å²) in [6.45, 7) is 4.58. The summed E-state index contributed by atoms with van der Waals surface area (Å²) < 4.78 is 0. The second-order valence-corrected chi connectivity index (χ2v) is 11.5. The fraction of sp³-hybridized carbons (Fsp3) is 0.0732. The second kappa shape index (κ2) is 11.2. The van der Waals surface area contributed by atoms with Gasteiger partial charge in [0.05, 0.1) is 11.4 Å². The molecular formula is C41H32N2. The Morgan fingerprint density at radius 2 is 0.837 bits per heavy atom. The number of hydrogen-bond donors (Lipinski definition) is 0. The van der Waals surface area contributed by atoms with Gasteiger partial charge in [0.2, 0.25) is 0 Å². The zero-order chi connectivity index (χ0) is 29.2. The fourth-order valence-electron chi connectivity index (χ4n) is 5.74. The molecule has 1 aromatic heterocycles. The monoisotopic (exact) mass is 552 g/mol. The number of fused-ring (bicyclic) bond motifs is 1. The summed E-state index contributed by atoms with van der Waals surface area (Å²) in [6, 6.07) is 55.6. The minimum Gasteiger partial charge on any atom is -0.228 e. The summed E-state index contributed by atoms with van der Waals surface area (Å²) in [6.07, 6.45) is 0. The third-order valence-corrected chi connectivity index (χ3v) is 8.42. The molecule has 0 fully saturated rings. The van der Waals surface area contributed by atoms with Crippen molar-refractivity contribution < 1.29 is 0 Å². The van der Waals surface area contributed by atoms with Gasteiger partial charge >= 0.3 is 0 Å². The van der Waals surface area contributed by atoms with Crippen molar-refractivity contribution >= 4 is 10.8 Å². The molecule has 0 aliphatic rings. The number of hydrogen-bond acceptors (Lipinski definition) is 2. The van der Waals surface area contributed by atoms with Gasteiger partial charge in [0.15, 0.2) is 5.82 Å². The van der Waals surface area contributed by atoms with Gasteiger partial charge in [-0.1, -0.05) is 159 Å². The minimum atomic E-state index is -0.156. The Labute approximate surface area is 253 Å². The number of benzene rings is 6. The molecule has 2 nitrogen and oxygen atoms in total. The van der Waals surface area contributed by atoms with Crippen molar-refractivity contribution in [3.8, 4) is 45.0 Å². The standard InChI is InChI=1S/C41H32N2/c1-41(2,36-23-19-30(20-24-36)35-18-17-29-11-9-10-16-34(29)27-35)37-25-21-32(22-26-37)39-28-38(31-12-5-3-6-13-31)42-40(43-39)33-14-7-4-8-15-33/h3-28H,1-2H3. The van der Waals surface area contributed by atoms with E-state index in [0.717, 1.165) is 33.9 Å². The highest BCUT2D eigenvalue weighted by molar-refractivity contribution is 5.87. The molecule has 0 spiro atoms. The molecular weight excluding hydrogens is 520 g/mol. The van der Waals surface area contributed by atoms with Gasteiger partial charge in [0.25, 0.3) is 0 Å². The summed E-state index contributed by atoms with van der Waals surface area (Å²) in [7, 11) is 0. The number of rotatable bonds is 6. The predicted octanol–water partition coefficient (Wildman–Crippen LogP) is 10.6. The smallest absolute Gasteiger partial charge is 0.160 e. The highest BCUT2D eigenvalue weighted by Gasteiger charge is 2.23. The van der Waals surface area contributed by atoms with E-state index >= 15 is 0 Å². The zero-order valence-electron chi connectivity index (χ0n) is 24.4. The molecule has 0 N–H and O–H groups in total. The van der Waals surface area contributed by atoms with Gasteiger partial charge in [-0.25, -0.2) is 9.97 Å². The van der Waals surface area contributed by atoms with Crippen molar-refractivity contribution in [2.45, 2.75) is 19.3 Å². The third-order valence-electron chi connectivity index (χ3n) is 8.42. The van der Waals surface area contributed by atoms with Gasteiger partial charge in [-0.15, -0.1) is 0 Å². The highest BCUT2D eigenvalue weighted by Crippen LogP contribution is 2.35. The maximum atomic E-state index is 5.00. The Morgan fingerprint density at radius 3 is 1.44 bits per heavy atom. The Bertz CT molecular complexity index is 1950. The Hall–Kier alpha value is -5.34. The molecule has 0 atom stereocenters. The summed E-state index contributed by atoms with van der Waals surface area (Å²) in [4.78, 5) is 9.92. The molecule has 1 heterocycles. The summed E-state index contributed by atoms with van der Waals surface area (Å²) >= 11 is 0.